The highest BCUT2D eigenvalue weighted by Crippen LogP contribution is 2.42. The number of hydrogen-bond donors (Lipinski definition) is 0. The number of halogens is 1. The normalized spacial score (nSPS) is 11.6. The Labute approximate surface area is 304 Å². The van der Waals surface area contributed by atoms with E-state index in [0.717, 1.165) is 55.7 Å². The summed E-state index contributed by atoms with van der Waals surface area (Å²) in [5, 5.41) is 4.76. The van der Waals surface area contributed by atoms with Crippen LogP contribution in [-0.2, 0) is 0 Å². The Bertz CT molecular complexity index is 2920. The van der Waals surface area contributed by atoms with E-state index < -0.39 is 0 Å². The van der Waals surface area contributed by atoms with Gasteiger partial charge in [0.25, 0.3) is 0 Å². The van der Waals surface area contributed by atoms with Crippen molar-refractivity contribution in [1.82, 2.24) is 4.57 Å². The zero-order chi connectivity index (χ0) is 34.6. The minimum atomic E-state index is -0.245. The number of anilines is 3. The molecule has 4 heteroatoms. The van der Waals surface area contributed by atoms with Gasteiger partial charge in [0.1, 0.15) is 5.82 Å². The Balaban J connectivity index is 1.06. The lowest BCUT2D eigenvalue weighted by Crippen LogP contribution is -2.10. The fraction of sp³-hybridized carbons (Fsp3) is 0. The summed E-state index contributed by atoms with van der Waals surface area (Å²) < 4.78 is 19.3. The lowest BCUT2D eigenvalue weighted by atomic mass is 9.95. The maximum absolute atomic E-state index is 14.6. The predicted molar refractivity (Wildman–Crippen MR) is 219 cm³/mol. The number of nitrogens with zero attached hydrogens (tertiary/aromatic N) is 2. The molecule has 8 aromatic carbocycles. The highest BCUT2D eigenvalue weighted by atomic mass is 32.1. The Hall–Kier alpha value is -6.49. The highest BCUT2D eigenvalue weighted by Gasteiger charge is 2.17. The first-order valence-corrected chi connectivity index (χ1v) is 18.3. The number of thiophene rings is 1. The maximum atomic E-state index is 14.6. The van der Waals surface area contributed by atoms with Gasteiger partial charge in [-0.1, -0.05) is 97.1 Å². The molecular weight excluding hydrogens is 656 g/mol. The summed E-state index contributed by atoms with van der Waals surface area (Å²) in [6.45, 7) is 0. The molecule has 0 amide bonds. The molecule has 52 heavy (non-hydrogen) atoms. The second-order valence-corrected chi connectivity index (χ2v) is 14.2. The summed E-state index contributed by atoms with van der Waals surface area (Å²) >= 11 is 1.85. The number of benzene rings is 8. The van der Waals surface area contributed by atoms with Crippen LogP contribution < -0.4 is 4.90 Å². The van der Waals surface area contributed by atoms with Crippen LogP contribution in [0.1, 0.15) is 0 Å². The molecule has 0 N–H and O–H groups in total. The van der Waals surface area contributed by atoms with Crippen molar-refractivity contribution in [2.24, 2.45) is 0 Å². The first-order chi connectivity index (χ1) is 25.7. The van der Waals surface area contributed by atoms with Gasteiger partial charge in [-0.05, 0) is 113 Å². The van der Waals surface area contributed by atoms with E-state index in [1.54, 1.807) is 6.07 Å². The van der Waals surface area contributed by atoms with Crippen molar-refractivity contribution in [2.45, 2.75) is 0 Å². The molecule has 0 aliphatic heterocycles. The zero-order valence-corrected chi connectivity index (χ0v) is 28.9. The second-order valence-electron chi connectivity index (χ2n) is 13.1. The van der Waals surface area contributed by atoms with Crippen LogP contribution in [0.15, 0.2) is 188 Å². The van der Waals surface area contributed by atoms with Crippen LogP contribution in [0.2, 0.25) is 0 Å². The molecule has 0 saturated carbocycles. The monoisotopic (exact) mass is 686 g/mol. The average Bonchev–Trinajstić information content (AvgIpc) is 3.74. The van der Waals surface area contributed by atoms with E-state index >= 15 is 0 Å². The van der Waals surface area contributed by atoms with Crippen molar-refractivity contribution in [3.63, 3.8) is 0 Å². The molecule has 2 aromatic heterocycles. The molecule has 10 aromatic rings. The molecule has 0 saturated heterocycles. The summed E-state index contributed by atoms with van der Waals surface area (Å²) in [7, 11) is 0. The molecule has 2 nitrogen and oxygen atoms in total. The molecule has 0 aliphatic rings. The molecule has 246 valence electrons. The van der Waals surface area contributed by atoms with Crippen LogP contribution in [0.5, 0.6) is 0 Å². The standard InChI is InChI=1S/C48H31FN2S/c49-35-23-28-42-41-17-4-6-20-44(41)51(45(42)31-35)38-26-24-37(25-27-38)50(36-14-2-1-3-15-36)39-16-9-12-33(30-39)32-11-8-13-34(29-32)40-19-10-22-47-48(40)43-18-5-7-21-46(43)52-47/h1-31H. The van der Waals surface area contributed by atoms with E-state index in [1.165, 1.54) is 37.4 Å². The van der Waals surface area contributed by atoms with Gasteiger partial charge in [0.2, 0.25) is 0 Å². The summed E-state index contributed by atoms with van der Waals surface area (Å²) in [5.41, 5.74) is 10.8. The van der Waals surface area contributed by atoms with Gasteiger partial charge in [-0.3, -0.25) is 0 Å². The molecule has 0 radical (unpaired) electrons. The van der Waals surface area contributed by atoms with Crippen molar-refractivity contribution in [3.05, 3.63) is 194 Å². The third-order valence-electron chi connectivity index (χ3n) is 10.0. The van der Waals surface area contributed by atoms with E-state index in [2.05, 4.69) is 161 Å². The minimum Gasteiger partial charge on any atom is -0.310 e. The first-order valence-electron chi connectivity index (χ1n) is 17.5. The molecule has 0 bridgehead atoms. The third-order valence-corrected chi connectivity index (χ3v) is 11.2. The van der Waals surface area contributed by atoms with Crippen LogP contribution in [0, 0.1) is 5.82 Å². The van der Waals surface area contributed by atoms with Gasteiger partial charge in [0, 0.05) is 53.7 Å². The van der Waals surface area contributed by atoms with Crippen molar-refractivity contribution in [2.75, 3.05) is 4.90 Å². The summed E-state index contributed by atoms with van der Waals surface area (Å²) in [6, 6.07) is 65.4. The van der Waals surface area contributed by atoms with Crippen molar-refractivity contribution >= 4 is 70.4 Å². The quantitative estimate of drug-likeness (QED) is 0.169. The topological polar surface area (TPSA) is 8.17 Å². The minimum absolute atomic E-state index is 0.245. The lowest BCUT2D eigenvalue weighted by Gasteiger charge is -2.26. The van der Waals surface area contributed by atoms with E-state index in [4.69, 9.17) is 0 Å². The molecule has 0 spiro atoms. The van der Waals surface area contributed by atoms with E-state index in [0.29, 0.717) is 0 Å². The largest absolute Gasteiger partial charge is 0.310 e. The van der Waals surface area contributed by atoms with Gasteiger partial charge < -0.3 is 9.47 Å². The Morgan fingerprint density at radius 3 is 1.92 bits per heavy atom. The zero-order valence-electron chi connectivity index (χ0n) is 28.1. The molecule has 0 aliphatic carbocycles. The van der Waals surface area contributed by atoms with Crippen molar-refractivity contribution in [1.29, 1.82) is 0 Å². The van der Waals surface area contributed by atoms with Crippen LogP contribution in [0.25, 0.3) is 69.9 Å². The lowest BCUT2D eigenvalue weighted by molar-refractivity contribution is 0.629. The predicted octanol–water partition coefficient (Wildman–Crippen LogP) is 14.1. The summed E-state index contributed by atoms with van der Waals surface area (Å²) in [5.74, 6) is -0.245. The van der Waals surface area contributed by atoms with Crippen LogP contribution in [-0.4, -0.2) is 4.57 Å². The fourth-order valence-corrected chi connectivity index (χ4v) is 8.84. The van der Waals surface area contributed by atoms with Crippen LogP contribution >= 0.6 is 11.3 Å². The van der Waals surface area contributed by atoms with Gasteiger partial charge in [-0.2, -0.15) is 0 Å². The van der Waals surface area contributed by atoms with E-state index in [9.17, 15) is 4.39 Å². The molecule has 0 unspecified atom stereocenters. The molecule has 10 rings (SSSR count). The smallest absolute Gasteiger partial charge is 0.125 e. The molecule has 2 heterocycles. The number of aromatic nitrogens is 1. The van der Waals surface area contributed by atoms with Crippen LogP contribution in [0.3, 0.4) is 0 Å². The highest BCUT2D eigenvalue weighted by molar-refractivity contribution is 7.25. The molecule has 0 atom stereocenters. The van der Waals surface area contributed by atoms with Crippen molar-refractivity contribution in [3.8, 4) is 27.9 Å². The fourth-order valence-electron chi connectivity index (χ4n) is 7.70. The molecular formula is C48H31FN2S. The number of hydrogen-bond acceptors (Lipinski definition) is 2. The van der Waals surface area contributed by atoms with Gasteiger partial charge >= 0.3 is 0 Å². The summed E-state index contributed by atoms with van der Waals surface area (Å²) in [4.78, 5) is 2.29. The number of para-hydroxylation sites is 2. The van der Waals surface area contributed by atoms with Gasteiger partial charge in [-0.15, -0.1) is 11.3 Å². The number of rotatable bonds is 6. The Morgan fingerprint density at radius 1 is 0.423 bits per heavy atom. The van der Waals surface area contributed by atoms with E-state index in [1.807, 2.05) is 35.6 Å². The second kappa shape index (κ2) is 12.4. The third kappa shape index (κ3) is 5.07. The Morgan fingerprint density at radius 2 is 1.06 bits per heavy atom. The van der Waals surface area contributed by atoms with Crippen LogP contribution in [0.4, 0.5) is 21.5 Å². The maximum Gasteiger partial charge on any atom is 0.125 e. The number of fused-ring (bicyclic) bond motifs is 6. The van der Waals surface area contributed by atoms with Gasteiger partial charge in [-0.25, -0.2) is 4.39 Å². The van der Waals surface area contributed by atoms with Gasteiger partial charge in [0.05, 0.1) is 11.0 Å². The Kier molecular flexibility index (Phi) is 7.22. The molecule has 0 fully saturated rings. The summed E-state index contributed by atoms with van der Waals surface area (Å²) in [6.07, 6.45) is 0. The first kappa shape index (κ1) is 30.3. The van der Waals surface area contributed by atoms with Crippen molar-refractivity contribution < 1.29 is 4.39 Å². The van der Waals surface area contributed by atoms with E-state index in [-0.39, 0.29) is 5.82 Å². The average molecular weight is 687 g/mol. The SMILES string of the molecule is Fc1ccc2c3ccccc3n(-c3ccc(N(c4ccccc4)c4cccc(-c5cccc(-c6cccc7sc8ccccc8c67)c5)c4)cc3)c2c1. The van der Waals surface area contributed by atoms with Gasteiger partial charge in [0.15, 0.2) is 0 Å².